The van der Waals surface area contributed by atoms with E-state index in [1.807, 2.05) is 0 Å². The lowest BCUT2D eigenvalue weighted by Crippen LogP contribution is -2.31. The molecule has 1 heterocycles. The van der Waals surface area contributed by atoms with Gasteiger partial charge in [0, 0.05) is 12.6 Å². The summed E-state index contributed by atoms with van der Waals surface area (Å²) < 4.78 is 0. The molecule has 1 aliphatic heterocycles. The molecular formula is C10H21NO. The molecule has 1 rings (SSSR count). The van der Waals surface area contributed by atoms with Gasteiger partial charge < -0.3 is 10.0 Å². The predicted octanol–water partition coefficient (Wildman–Crippen LogP) is 1.63. The molecule has 1 fully saturated rings. The van der Waals surface area contributed by atoms with Crippen LogP contribution < -0.4 is 0 Å². The van der Waals surface area contributed by atoms with Crippen molar-refractivity contribution in [3.63, 3.8) is 0 Å². The molecule has 0 bridgehead atoms. The minimum Gasteiger partial charge on any atom is -0.388 e. The fraction of sp³-hybridized carbons (Fsp3) is 1.00. The van der Waals surface area contributed by atoms with Crippen molar-refractivity contribution in [2.45, 2.75) is 51.2 Å². The van der Waals surface area contributed by atoms with Crippen LogP contribution in [-0.4, -0.2) is 35.2 Å². The van der Waals surface area contributed by atoms with E-state index in [1.54, 1.807) is 0 Å². The quantitative estimate of drug-likeness (QED) is 0.697. The summed E-state index contributed by atoms with van der Waals surface area (Å²) in [4.78, 5) is 2.25. The lowest BCUT2D eigenvalue weighted by molar-refractivity contribution is 0.0406. The van der Waals surface area contributed by atoms with E-state index in [-0.39, 0.29) is 5.60 Å². The average molecular weight is 171 g/mol. The van der Waals surface area contributed by atoms with Crippen LogP contribution in [0, 0.1) is 0 Å². The molecule has 0 aromatic carbocycles. The standard InChI is InChI=1S/C10H21NO/c1-4-5-6-10(12)7-9(2)11(3)8-10/h9,12H,4-8H2,1-3H3. The zero-order valence-electron chi connectivity index (χ0n) is 8.51. The Morgan fingerprint density at radius 3 is 2.67 bits per heavy atom. The summed E-state index contributed by atoms with van der Waals surface area (Å²) >= 11 is 0. The number of aliphatic hydroxyl groups is 1. The predicted molar refractivity (Wildman–Crippen MR) is 51.2 cm³/mol. The summed E-state index contributed by atoms with van der Waals surface area (Å²) in [5, 5.41) is 10.1. The maximum absolute atomic E-state index is 10.1. The van der Waals surface area contributed by atoms with Crippen LogP contribution in [0.25, 0.3) is 0 Å². The van der Waals surface area contributed by atoms with Gasteiger partial charge in [0.05, 0.1) is 5.60 Å². The third kappa shape index (κ3) is 2.20. The topological polar surface area (TPSA) is 23.5 Å². The molecule has 0 saturated carbocycles. The summed E-state index contributed by atoms with van der Waals surface area (Å²) in [5.74, 6) is 0. The van der Waals surface area contributed by atoms with Crippen molar-refractivity contribution in [1.29, 1.82) is 0 Å². The Morgan fingerprint density at radius 1 is 1.58 bits per heavy atom. The third-order valence-electron chi connectivity index (χ3n) is 2.97. The van der Waals surface area contributed by atoms with Crippen LogP contribution in [-0.2, 0) is 0 Å². The first-order valence-corrected chi connectivity index (χ1v) is 5.00. The van der Waals surface area contributed by atoms with Gasteiger partial charge in [-0.2, -0.15) is 0 Å². The van der Waals surface area contributed by atoms with Gasteiger partial charge in [-0.05, 0) is 26.8 Å². The zero-order chi connectivity index (χ0) is 9.19. The summed E-state index contributed by atoms with van der Waals surface area (Å²) in [6, 6.07) is 0.548. The van der Waals surface area contributed by atoms with Crippen molar-refractivity contribution in [2.75, 3.05) is 13.6 Å². The Hall–Kier alpha value is -0.0800. The molecule has 2 atom stereocenters. The van der Waals surface area contributed by atoms with Gasteiger partial charge in [-0.3, -0.25) is 0 Å². The van der Waals surface area contributed by atoms with Gasteiger partial charge in [-0.15, -0.1) is 0 Å². The Morgan fingerprint density at radius 2 is 2.25 bits per heavy atom. The Bertz CT molecular complexity index is 137. The van der Waals surface area contributed by atoms with Crippen LogP contribution in [0.15, 0.2) is 0 Å². The highest BCUT2D eigenvalue weighted by Crippen LogP contribution is 2.29. The minimum atomic E-state index is -0.385. The number of hydrogen-bond acceptors (Lipinski definition) is 2. The molecule has 2 nitrogen and oxygen atoms in total. The molecule has 0 aromatic heterocycles. The first-order chi connectivity index (χ1) is 5.57. The van der Waals surface area contributed by atoms with E-state index in [9.17, 15) is 5.11 Å². The molecule has 72 valence electrons. The van der Waals surface area contributed by atoms with Crippen LogP contribution in [0.3, 0.4) is 0 Å². The van der Waals surface area contributed by atoms with Gasteiger partial charge in [-0.1, -0.05) is 19.8 Å². The van der Waals surface area contributed by atoms with E-state index in [2.05, 4.69) is 25.8 Å². The van der Waals surface area contributed by atoms with Gasteiger partial charge in [0.15, 0.2) is 0 Å². The number of likely N-dealkylation sites (tertiary alicyclic amines) is 1. The summed E-state index contributed by atoms with van der Waals surface area (Å²) in [6.45, 7) is 5.21. The SMILES string of the molecule is CCCCC1(O)CC(C)N(C)C1. The van der Waals surface area contributed by atoms with Gasteiger partial charge in [-0.25, -0.2) is 0 Å². The number of unbranched alkanes of at least 4 members (excludes halogenated alkanes) is 1. The highest BCUT2D eigenvalue weighted by molar-refractivity contribution is 4.92. The van der Waals surface area contributed by atoms with Crippen molar-refractivity contribution in [2.24, 2.45) is 0 Å². The Balaban J connectivity index is 2.40. The van der Waals surface area contributed by atoms with E-state index in [0.29, 0.717) is 6.04 Å². The molecule has 2 heteroatoms. The van der Waals surface area contributed by atoms with Gasteiger partial charge in [0.2, 0.25) is 0 Å². The molecule has 1 N–H and O–H groups in total. The normalized spacial score (nSPS) is 37.5. The zero-order valence-corrected chi connectivity index (χ0v) is 8.51. The van der Waals surface area contributed by atoms with E-state index in [1.165, 1.54) is 6.42 Å². The largest absolute Gasteiger partial charge is 0.388 e. The number of β-amino-alcohol motifs (C(OH)–C–C–N with tert-alkyl or cyclic N) is 1. The second-order valence-electron chi connectivity index (χ2n) is 4.30. The molecule has 1 aliphatic rings. The summed E-state index contributed by atoms with van der Waals surface area (Å²) in [6.07, 6.45) is 4.25. The molecule has 2 unspecified atom stereocenters. The Kier molecular flexibility index (Phi) is 3.13. The highest BCUT2D eigenvalue weighted by Gasteiger charge is 2.37. The number of rotatable bonds is 3. The van der Waals surface area contributed by atoms with Crippen molar-refractivity contribution in [3.05, 3.63) is 0 Å². The molecule has 0 amide bonds. The number of likely N-dealkylation sites (N-methyl/N-ethyl adjacent to an activating group) is 1. The molecule has 0 spiro atoms. The smallest absolute Gasteiger partial charge is 0.0788 e. The fourth-order valence-electron chi connectivity index (χ4n) is 2.08. The first-order valence-electron chi connectivity index (χ1n) is 5.00. The number of hydrogen-bond donors (Lipinski definition) is 1. The maximum atomic E-state index is 10.1. The van der Waals surface area contributed by atoms with Crippen LogP contribution in [0.5, 0.6) is 0 Å². The summed E-state index contributed by atoms with van der Waals surface area (Å²) in [5.41, 5.74) is -0.385. The monoisotopic (exact) mass is 171 g/mol. The fourth-order valence-corrected chi connectivity index (χ4v) is 2.08. The number of nitrogens with zero attached hydrogens (tertiary/aromatic N) is 1. The third-order valence-corrected chi connectivity index (χ3v) is 2.97. The van der Waals surface area contributed by atoms with Crippen LogP contribution in [0.2, 0.25) is 0 Å². The lowest BCUT2D eigenvalue weighted by Gasteiger charge is -2.21. The molecule has 0 aliphatic carbocycles. The summed E-state index contributed by atoms with van der Waals surface area (Å²) in [7, 11) is 2.09. The highest BCUT2D eigenvalue weighted by atomic mass is 16.3. The van der Waals surface area contributed by atoms with E-state index >= 15 is 0 Å². The second-order valence-corrected chi connectivity index (χ2v) is 4.30. The van der Waals surface area contributed by atoms with Crippen molar-refractivity contribution in [1.82, 2.24) is 4.90 Å². The first kappa shape index (κ1) is 10.0. The second kappa shape index (κ2) is 3.75. The molecule has 0 aromatic rings. The van der Waals surface area contributed by atoms with E-state index in [0.717, 1.165) is 25.8 Å². The molecular weight excluding hydrogens is 150 g/mol. The van der Waals surface area contributed by atoms with Gasteiger partial charge >= 0.3 is 0 Å². The molecule has 1 saturated heterocycles. The lowest BCUT2D eigenvalue weighted by atomic mass is 9.94. The van der Waals surface area contributed by atoms with Gasteiger partial charge in [0.25, 0.3) is 0 Å². The van der Waals surface area contributed by atoms with Gasteiger partial charge in [0.1, 0.15) is 0 Å². The minimum absolute atomic E-state index is 0.385. The van der Waals surface area contributed by atoms with Crippen molar-refractivity contribution in [3.8, 4) is 0 Å². The van der Waals surface area contributed by atoms with Crippen LogP contribution in [0.4, 0.5) is 0 Å². The van der Waals surface area contributed by atoms with Crippen LogP contribution in [0.1, 0.15) is 39.5 Å². The average Bonchev–Trinajstić information content (AvgIpc) is 2.24. The van der Waals surface area contributed by atoms with Crippen LogP contribution >= 0.6 is 0 Å². The van der Waals surface area contributed by atoms with E-state index in [4.69, 9.17) is 0 Å². The van der Waals surface area contributed by atoms with Crippen molar-refractivity contribution >= 4 is 0 Å². The molecule has 0 radical (unpaired) electrons. The Labute approximate surface area is 75.6 Å². The molecule has 12 heavy (non-hydrogen) atoms. The van der Waals surface area contributed by atoms with Crippen molar-refractivity contribution < 1.29 is 5.11 Å². The van der Waals surface area contributed by atoms with E-state index < -0.39 is 0 Å². The maximum Gasteiger partial charge on any atom is 0.0788 e.